The molecular formula is C22H25FN4O4. The molecule has 1 N–H and O–H groups in total. The molecule has 164 valence electrons. The van der Waals surface area contributed by atoms with Gasteiger partial charge >= 0.3 is 0 Å². The number of carbonyl (C=O) groups is 2. The summed E-state index contributed by atoms with van der Waals surface area (Å²) < 4.78 is 20.9. The normalized spacial score (nSPS) is 15.5. The summed E-state index contributed by atoms with van der Waals surface area (Å²) in [5, 5.41) is 15.0. The number of likely N-dealkylation sites (tertiary alicyclic amines) is 1. The number of carbonyl (C=O) groups excluding carboxylic acids is 1. The molecule has 1 unspecified atom stereocenters. The molecule has 1 amide bonds. The van der Waals surface area contributed by atoms with E-state index in [4.69, 9.17) is 14.4 Å². The van der Waals surface area contributed by atoms with Crippen molar-refractivity contribution < 1.29 is 23.6 Å². The van der Waals surface area contributed by atoms with Crippen molar-refractivity contribution in [3.63, 3.8) is 0 Å². The van der Waals surface area contributed by atoms with Gasteiger partial charge in [-0.2, -0.15) is 5.10 Å². The van der Waals surface area contributed by atoms with E-state index >= 15 is 0 Å². The maximum Gasteiger partial charge on any atom is 0.290 e. The Hall–Kier alpha value is -3.49. The van der Waals surface area contributed by atoms with Crippen molar-refractivity contribution in [2.75, 3.05) is 13.1 Å². The second-order valence-corrected chi connectivity index (χ2v) is 7.64. The molecule has 8 nitrogen and oxygen atoms in total. The van der Waals surface area contributed by atoms with Crippen LogP contribution < -0.4 is 0 Å². The van der Waals surface area contributed by atoms with Crippen molar-refractivity contribution in [1.82, 2.24) is 19.8 Å². The van der Waals surface area contributed by atoms with Gasteiger partial charge in [0.25, 0.3) is 12.4 Å². The summed E-state index contributed by atoms with van der Waals surface area (Å²) in [7, 11) is 1.85. The first-order valence-corrected chi connectivity index (χ1v) is 9.91. The van der Waals surface area contributed by atoms with Gasteiger partial charge in [0.1, 0.15) is 5.82 Å². The fraction of sp³-hybridized carbons (Fsp3) is 0.364. The number of aryl methyl sites for hydroxylation is 2. The minimum atomic E-state index is -0.250. The predicted molar refractivity (Wildman–Crippen MR) is 111 cm³/mol. The third-order valence-electron chi connectivity index (χ3n) is 5.56. The average molecular weight is 428 g/mol. The minimum absolute atomic E-state index is 0.130. The zero-order chi connectivity index (χ0) is 22.5. The second kappa shape index (κ2) is 9.55. The Morgan fingerprint density at radius 3 is 2.74 bits per heavy atom. The average Bonchev–Trinajstić information content (AvgIpc) is 3.47. The summed E-state index contributed by atoms with van der Waals surface area (Å²) in [6, 6.07) is 7.04. The first-order chi connectivity index (χ1) is 14.8. The SMILES string of the molecule is Cc1ccc(CC2CCN(C(=O)c3cc(-c4cnn(C)c4C)on3)C2)cc1F.O=CO. The third kappa shape index (κ3) is 4.99. The Balaban J connectivity index is 0.000000858. The zero-order valence-corrected chi connectivity index (χ0v) is 17.7. The van der Waals surface area contributed by atoms with Crippen LogP contribution in [0.4, 0.5) is 4.39 Å². The van der Waals surface area contributed by atoms with E-state index in [0.29, 0.717) is 36.0 Å². The van der Waals surface area contributed by atoms with Crippen LogP contribution in [-0.4, -0.2) is 50.4 Å². The topological polar surface area (TPSA) is 101 Å². The first-order valence-electron chi connectivity index (χ1n) is 9.91. The predicted octanol–water partition coefficient (Wildman–Crippen LogP) is 3.24. The third-order valence-corrected chi connectivity index (χ3v) is 5.56. The molecule has 1 aliphatic heterocycles. The summed E-state index contributed by atoms with van der Waals surface area (Å²) in [6.45, 7) is 4.76. The van der Waals surface area contributed by atoms with Crippen molar-refractivity contribution in [2.24, 2.45) is 13.0 Å². The number of amides is 1. The van der Waals surface area contributed by atoms with Crippen LogP contribution in [0.5, 0.6) is 0 Å². The highest BCUT2D eigenvalue weighted by atomic mass is 19.1. The van der Waals surface area contributed by atoms with Gasteiger partial charge in [-0.05, 0) is 49.8 Å². The molecule has 1 atom stereocenters. The maximum absolute atomic E-state index is 13.8. The molecule has 1 saturated heterocycles. The van der Waals surface area contributed by atoms with Crippen molar-refractivity contribution in [3.05, 3.63) is 58.8 Å². The number of hydrogen-bond acceptors (Lipinski definition) is 5. The smallest absolute Gasteiger partial charge is 0.290 e. The molecular weight excluding hydrogens is 403 g/mol. The highest BCUT2D eigenvalue weighted by Gasteiger charge is 2.29. The van der Waals surface area contributed by atoms with Gasteiger partial charge in [0.2, 0.25) is 0 Å². The van der Waals surface area contributed by atoms with E-state index < -0.39 is 0 Å². The lowest BCUT2D eigenvalue weighted by Crippen LogP contribution is -2.29. The summed E-state index contributed by atoms with van der Waals surface area (Å²) in [5.41, 5.74) is 3.70. The van der Waals surface area contributed by atoms with Gasteiger partial charge in [-0.1, -0.05) is 17.3 Å². The van der Waals surface area contributed by atoms with Crippen LogP contribution in [0, 0.1) is 25.6 Å². The number of nitrogens with zero attached hydrogens (tertiary/aromatic N) is 4. The fourth-order valence-corrected chi connectivity index (χ4v) is 3.69. The monoisotopic (exact) mass is 428 g/mol. The van der Waals surface area contributed by atoms with E-state index in [9.17, 15) is 9.18 Å². The lowest BCUT2D eigenvalue weighted by atomic mass is 9.98. The number of benzene rings is 1. The number of hydrogen-bond donors (Lipinski definition) is 1. The maximum atomic E-state index is 13.8. The van der Waals surface area contributed by atoms with Gasteiger partial charge in [0.15, 0.2) is 11.5 Å². The Labute approximate surface area is 179 Å². The van der Waals surface area contributed by atoms with Gasteiger partial charge in [-0.25, -0.2) is 4.39 Å². The number of halogens is 1. The van der Waals surface area contributed by atoms with Gasteiger partial charge < -0.3 is 14.5 Å². The molecule has 4 rings (SSSR count). The van der Waals surface area contributed by atoms with Crippen LogP contribution >= 0.6 is 0 Å². The zero-order valence-electron chi connectivity index (χ0n) is 17.7. The fourth-order valence-electron chi connectivity index (χ4n) is 3.69. The van der Waals surface area contributed by atoms with Crippen LogP contribution in [0.2, 0.25) is 0 Å². The highest BCUT2D eigenvalue weighted by Crippen LogP contribution is 2.26. The van der Waals surface area contributed by atoms with Crippen LogP contribution in [-0.2, 0) is 18.3 Å². The van der Waals surface area contributed by atoms with E-state index in [2.05, 4.69) is 10.3 Å². The van der Waals surface area contributed by atoms with E-state index in [1.807, 2.05) is 20.0 Å². The summed E-state index contributed by atoms with van der Waals surface area (Å²) in [5.74, 6) is 0.552. The minimum Gasteiger partial charge on any atom is -0.483 e. The van der Waals surface area contributed by atoms with E-state index in [0.717, 1.165) is 29.7 Å². The van der Waals surface area contributed by atoms with E-state index in [1.54, 1.807) is 40.9 Å². The molecule has 2 aromatic heterocycles. The summed E-state index contributed by atoms with van der Waals surface area (Å²) in [4.78, 5) is 23.0. The number of aromatic nitrogens is 3. The van der Waals surface area contributed by atoms with Crippen LogP contribution in [0.15, 0.2) is 35.0 Å². The molecule has 0 saturated carbocycles. The van der Waals surface area contributed by atoms with Gasteiger partial charge in [0.05, 0.1) is 11.8 Å². The molecule has 1 fully saturated rings. The number of rotatable bonds is 4. The van der Waals surface area contributed by atoms with Crippen LogP contribution in [0.25, 0.3) is 11.3 Å². The molecule has 1 aliphatic rings. The Kier molecular flexibility index (Phi) is 6.84. The van der Waals surface area contributed by atoms with Gasteiger partial charge in [0, 0.05) is 31.9 Å². The van der Waals surface area contributed by atoms with E-state index in [1.165, 1.54) is 0 Å². The molecule has 0 spiro atoms. The second-order valence-electron chi connectivity index (χ2n) is 7.64. The molecule has 0 aliphatic carbocycles. The molecule has 1 aromatic carbocycles. The van der Waals surface area contributed by atoms with Crippen LogP contribution in [0.3, 0.4) is 0 Å². The molecule has 3 aromatic rings. The molecule has 31 heavy (non-hydrogen) atoms. The molecule has 0 radical (unpaired) electrons. The summed E-state index contributed by atoms with van der Waals surface area (Å²) >= 11 is 0. The Morgan fingerprint density at radius 2 is 2.10 bits per heavy atom. The first kappa shape index (κ1) is 22.2. The van der Waals surface area contributed by atoms with E-state index in [-0.39, 0.29) is 18.2 Å². The van der Waals surface area contributed by atoms with Crippen molar-refractivity contribution >= 4 is 12.4 Å². The summed E-state index contributed by atoms with van der Waals surface area (Å²) in [6.07, 6.45) is 3.37. The van der Waals surface area contributed by atoms with Crippen molar-refractivity contribution in [3.8, 4) is 11.3 Å². The largest absolute Gasteiger partial charge is 0.483 e. The molecule has 0 bridgehead atoms. The Bertz CT molecular complexity index is 1080. The quantitative estimate of drug-likeness (QED) is 0.640. The molecule has 3 heterocycles. The highest BCUT2D eigenvalue weighted by molar-refractivity contribution is 5.93. The Morgan fingerprint density at radius 1 is 1.35 bits per heavy atom. The standard InChI is InChI=1S/C21H23FN4O2.CH2O2/c1-13-4-5-15(9-18(13)22)8-16-6-7-26(12-16)21(27)19-10-20(28-24-19)17-11-23-25(3)14(17)2;2-1-3/h4-5,9-11,16H,6-8,12H2,1-3H3;1H,(H,2,3). The van der Waals surface area contributed by atoms with Gasteiger partial charge in [-0.15, -0.1) is 0 Å². The number of carboxylic acid groups (broad SMARTS) is 1. The molecule has 9 heteroatoms. The lowest BCUT2D eigenvalue weighted by molar-refractivity contribution is -0.122. The van der Waals surface area contributed by atoms with Crippen LogP contribution in [0.1, 0.15) is 33.7 Å². The van der Waals surface area contributed by atoms with Crippen molar-refractivity contribution in [1.29, 1.82) is 0 Å². The van der Waals surface area contributed by atoms with Crippen molar-refractivity contribution in [2.45, 2.75) is 26.7 Å². The lowest BCUT2D eigenvalue weighted by Gasteiger charge is -2.15. The van der Waals surface area contributed by atoms with Gasteiger partial charge in [-0.3, -0.25) is 14.3 Å².